The largest absolute Gasteiger partial charge is 0.298 e. The quantitative estimate of drug-likeness (QED) is 0.568. The van der Waals surface area contributed by atoms with E-state index in [1.54, 1.807) is 0 Å². The average Bonchev–Trinajstić information content (AvgIpc) is 1.81. The van der Waals surface area contributed by atoms with Gasteiger partial charge in [0.05, 0.1) is 0 Å². The average molecular weight is 150 g/mol. The van der Waals surface area contributed by atoms with Crippen molar-refractivity contribution in [1.82, 2.24) is 0 Å². The molecule has 0 aromatic rings. The van der Waals surface area contributed by atoms with Gasteiger partial charge in [0.25, 0.3) is 0 Å². The maximum Gasteiger partial charge on any atom is 0.151 e. The van der Waals surface area contributed by atoms with Crippen LogP contribution in [0.5, 0.6) is 0 Å². The molecule has 4 heteroatoms. The van der Waals surface area contributed by atoms with Gasteiger partial charge in [0.2, 0.25) is 0 Å². The zero-order valence-electron chi connectivity index (χ0n) is 6.59. The molecule has 9 heavy (non-hydrogen) atoms. The van der Waals surface area contributed by atoms with Crippen LogP contribution in [0.25, 0.3) is 0 Å². The molecule has 3 nitrogen and oxygen atoms in total. The number of hydrogen-bond donors (Lipinski definition) is 0. The summed E-state index contributed by atoms with van der Waals surface area (Å²) in [6.07, 6.45) is 2.93. The molecule has 0 spiro atoms. The molecular formula is C5H11NO2S. The van der Waals surface area contributed by atoms with E-state index in [1.807, 2.05) is 0 Å². The number of nitrogens with zero attached hydrogens (tertiary/aromatic N) is 1. The van der Waals surface area contributed by atoms with Crippen molar-refractivity contribution in [2.24, 2.45) is 4.36 Å². The minimum Gasteiger partial charge on any atom is -0.298 e. The molecule has 0 aromatic carbocycles. The van der Waals surface area contributed by atoms with Gasteiger partial charge in [0.15, 0.2) is 5.78 Å². The van der Waals surface area contributed by atoms with Gasteiger partial charge in [0.1, 0.15) is 6.54 Å². The fourth-order valence-electron chi connectivity index (χ4n) is 0.227. The van der Waals surface area contributed by atoms with E-state index in [0.29, 0.717) is 0 Å². The Bertz CT molecular complexity index is 222. The molecule has 54 valence electrons. The topological polar surface area (TPSA) is 46.5 Å². The molecule has 0 unspecified atom stereocenters. The van der Waals surface area contributed by atoms with E-state index in [4.69, 9.17) is 1.37 Å². The molecule has 0 aromatic heterocycles. The van der Waals surface area contributed by atoms with E-state index in [1.165, 1.54) is 12.5 Å². The summed E-state index contributed by atoms with van der Waals surface area (Å²) in [6, 6.07) is 0. The molecule has 0 aliphatic rings. The second kappa shape index (κ2) is 2.96. The van der Waals surface area contributed by atoms with E-state index in [9.17, 15) is 9.00 Å². The molecule has 0 radical (unpaired) electrons. The highest BCUT2D eigenvalue weighted by Gasteiger charge is 1.91. The highest BCUT2D eigenvalue weighted by molar-refractivity contribution is 7.92. The lowest BCUT2D eigenvalue weighted by Gasteiger charge is -1.90. The lowest BCUT2D eigenvalue weighted by molar-refractivity contribution is -0.115. The van der Waals surface area contributed by atoms with Crippen molar-refractivity contribution < 1.29 is 10.4 Å². The van der Waals surface area contributed by atoms with Crippen molar-refractivity contribution in [2.75, 3.05) is 19.1 Å². The first-order valence-electron chi connectivity index (χ1n) is 3.10. The van der Waals surface area contributed by atoms with Crippen LogP contribution < -0.4 is 0 Å². The lowest BCUT2D eigenvalue weighted by Crippen LogP contribution is -1.99. The summed E-state index contributed by atoms with van der Waals surface area (Å²) < 4.78 is 21.0. The molecular weight excluding hydrogens is 138 g/mol. The van der Waals surface area contributed by atoms with Gasteiger partial charge in [-0.25, -0.2) is 4.36 Å². The highest BCUT2D eigenvalue weighted by Crippen LogP contribution is 1.83. The van der Waals surface area contributed by atoms with Crippen LogP contribution in [0.1, 0.15) is 8.27 Å². The first-order chi connectivity index (χ1) is 4.45. The van der Waals surface area contributed by atoms with Crippen molar-refractivity contribution in [1.29, 1.82) is 0 Å². The minimum absolute atomic E-state index is 0.0880. The standard InChI is InChI=1S/C5H11NO2S/c1-5(7)4-6-9(2,3)8/h4H2,1-3H3/i1D. The Labute approximate surface area is 57.0 Å². The first kappa shape index (κ1) is 6.74. The second-order valence-corrected chi connectivity index (χ2v) is 4.63. The summed E-state index contributed by atoms with van der Waals surface area (Å²) in [7, 11) is -2.16. The predicted molar refractivity (Wildman–Crippen MR) is 38.0 cm³/mol. The summed E-state index contributed by atoms with van der Waals surface area (Å²) in [5, 5.41) is 0. The SMILES string of the molecule is [2H]CC(=O)CN=S(C)(C)=O. The summed E-state index contributed by atoms with van der Waals surface area (Å²) in [4.78, 5) is 10.5. The molecule has 0 saturated heterocycles. The monoisotopic (exact) mass is 150 g/mol. The Morgan fingerprint density at radius 3 is 2.67 bits per heavy atom. The third-order valence-corrected chi connectivity index (χ3v) is 1.30. The number of carbonyl (C=O) groups is 1. The van der Waals surface area contributed by atoms with E-state index < -0.39 is 9.73 Å². The maximum atomic E-state index is 10.8. The maximum absolute atomic E-state index is 10.8. The van der Waals surface area contributed by atoms with Crippen LogP contribution >= 0.6 is 0 Å². The van der Waals surface area contributed by atoms with Crippen LogP contribution in [0.3, 0.4) is 0 Å². The molecule has 0 aliphatic heterocycles. The molecule has 0 saturated carbocycles. The Morgan fingerprint density at radius 1 is 1.78 bits per heavy atom. The molecule has 0 fully saturated rings. The summed E-state index contributed by atoms with van der Waals surface area (Å²) in [6.45, 7) is -0.367. The number of ketones is 1. The number of rotatable bonds is 2. The third-order valence-electron chi connectivity index (χ3n) is 0.552. The first-order valence-corrected chi connectivity index (χ1v) is 4.72. The Hall–Kier alpha value is -0.380. The van der Waals surface area contributed by atoms with Gasteiger partial charge in [-0.2, -0.15) is 0 Å². The van der Waals surface area contributed by atoms with Crippen LogP contribution in [0.15, 0.2) is 4.36 Å². The fraction of sp³-hybridized carbons (Fsp3) is 0.800. The van der Waals surface area contributed by atoms with E-state index in [-0.39, 0.29) is 19.2 Å². The van der Waals surface area contributed by atoms with Crippen LogP contribution in [-0.2, 0) is 14.5 Å². The van der Waals surface area contributed by atoms with Crippen LogP contribution in [-0.4, -0.2) is 29.0 Å². The van der Waals surface area contributed by atoms with Crippen molar-refractivity contribution in [3.05, 3.63) is 0 Å². The Kier molecular flexibility index (Phi) is 2.22. The molecule has 0 rings (SSSR count). The minimum atomic E-state index is -2.16. The van der Waals surface area contributed by atoms with Gasteiger partial charge in [-0.1, -0.05) is 0 Å². The van der Waals surface area contributed by atoms with Gasteiger partial charge in [0, 0.05) is 23.6 Å². The highest BCUT2D eigenvalue weighted by atomic mass is 32.2. The van der Waals surface area contributed by atoms with Crippen molar-refractivity contribution in [3.8, 4) is 0 Å². The molecule has 0 atom stereocenters. The van der Waals surface area contributed by atoms with Gasteiger partial charge < -0.3 is 0 Å². The smallest absolute Gasteiger partial charge is 0.151 e. The summed E-state index contributed by atoms with van der Waals surface area (Å²) in [5.41, 5.74) is 0. The van der Waals surface area contributed by atoms with E-state index >= 15 is 0 Å². The van der Waals surface area contributed by atoms with E-state index in [2.05, 4.69) is 4.36 Å². The van der Waals surface area contributed by atoms with Crippen molar-refractivity contribution >= 4 is 15.5 Å². The normalized spacial score (nSPS) is 12.4. The van der Waals surface area contributed by atoms with E-state index in [0.717, 1.165) is 0 Å². The zero-order valence-corrected chi connectivity index (χ0v) is 6.40. The second-order valence-electron chi connectivity index (χ2n) is 2.01. The van der Waals surface area contributed by atoms with Gasteiger partial charge >= 0.3 is 0 Å². The van der Waals surface area contributed by atoms with Gasteiger partial charge in [-0.15, -0.1) is 0 Å². The van der Waals surface area contributed by atoms with Gasteiger partial charge in [-0.3, -0.25) is 9.00 Å². The number of Topliss-reactive ketones (excluding diaryl/α,β-unsaturated/α-hetero) is 1. The fourth-order valence-corrected chi connectivity index (χ4v) is 0.682. The molecule has 0 aliphatic carbocycles. The molecule has 0 amide bonds. The van der Waals surface area contributed by atoms with Gasteiger partial charge in [-0.05, 0) is 6.90 Å². The Balaban J connectivity index is 3.99. The van der Waals surface area contributed by atoms with Crippen LogP contribution in [0.4, 0.5) is 0 Å². The van der Waals surface area contributed by atoms with Crippen LogP contribution in [0, 0.1) is 0 Å². The summed E-state index contributed by atoms with van der Waals surface area (Å²) >= 11 is 0. The molecule has 0 bridgehead atoms. The predicted octanol–water partition coefficient (Wildman–Crippen LogP) is 0.303. The zero-order chi connectivity index (χ0) is 8.20. The van der Waals surface area contributed by atoms with Crippen LogP contribution in [0.2, 0.25) is 0 Å². The number of carbonyl (C=O) groups excluding carboxylic acids is 1. The lowest BCUT2D eigenvalue weighted by atomic mass is 10.5. The van der Waals surface area contributed by atoms with Crippen molar-refractivity contribution in [2.45, 2.75) is 6.90 Å². The molecule has 0 N–H and O–H groups in total. The summed E-state index contributed by atoms with van der Waals surface area (Å²) in [5.74, 6) is -0.295. The Morgan fingerprint density at radius 2 is 2.33 bits per heavy atom. The molecule has 0 heterocycles. The number of hydrogen-bond acceptors (Lipinski definition) is 3. The third kappa shape index (κ3) is 7.62. The van der Waals surface area contributed by atoms with Crippen molar-refractivity contribution in [3.63, 3.8) is 0 Å².